The number of oxime groups is 2. The van der Waals surface area contributed by atoms with E-state index in [0.717, 1.165) is 22.9 Å². The molecule has 2 rings (SSSR count). The molecule has 2 heterocycles. The minimum absolute atomic E-state index is 0.169. The molecule has 0 amide bonds. The van der Waals surface area contributed by atoms with Crippen LogP contribution in [0.5, 0.6) is 0 Å². The maximum Gasteiger partial charge on any atom is 0.138 e. The van der Waals surface area contributed by atoms with E-state index in [1.54, 1.807) is 11.8 Å². The molecular weight excluding hydrogens is 212 g/mol. The van der Waals surface area contributed by atoms with Crippen molar-refractivity contribution < 1.29 is 9.68 Å². The topological polar surface area (TPSA) is 43.2 Å². The number of hydrogen-bond donors (Lipinski definition) is 0. The van der Waals surface area contributed by atoms with Gasteiger partial charge in [-0.3, -0.25) is 0 Å². The van der Waals surface area contributed by atoms with Gasteiger partial charge in [-0.2, -0.15) is 0 Å². The van der Waals surface area contributed by atoms with Crippen molar-refractivity contribution in [1.82, 2.24) is 0 Å². The Morgan fingerprint density at radius 3 is 1.60 bits per heavy atom. The molecule has 0 bridgehead atoms. The summed E-state index contributed by atoms with van der Waals surface area (Å²) in [6.07, 6.45) is 1.69. The molecule has 84 valence electrons. The summed E-state index contributed by atoms with van der Waals surface area (Å²) in [5.74, 6) is 0. The Kier molecular flexibility index (Phi) is 2.45. The van der Waals surface area contributed by atoms with Crippen LogP contribution in [-0.4, -0.2) is 21.3 Å². The lowest BCUT2D eigenvalue weighted by Crippen LogP contribution is -2.19. The average molecular weight is 228 g/mol. The van der Waals surface area contributed by atoms with Crippen LogP contribution in [-0.2, 0) is 9.68 Å². The van der Waals surface area contributed by atoms with E-state index in [2.05, 4.69) is 10.3 Å². The molecular formula is C10H16N2O2S. The van der Waals surface area contributed by atoms with Crippen LogP contribution in [0.25, 0.3) is 0 Å². The Labute approximate surface area is 94.1 Å². The standard InChI is InChI=1S/C10H16N2O2S/c1-9(2)5-7(11-13-9)15-8-6-10(3,4)14-12-8/h5-6H2,1-4H3. The van der Waals surface area contributed by atoms with Gasteiger partial charge in [-0.05, 0) is 27.7 Å². The third-order valence-electron chi connectivity index (χ3n) is 2.18. The minimum atomic E-state index is -0.169. The van der Waals surface area contributed by atoms with Crippen molar-refractivity contribution in [3.05, 3.63) is 0 Å². The van der Waals surface area contributed by atoms with Gasteiger partial charge in [0, 0.05) is 12.8 Å². The van der Waals surface area contributed by atoms with E-state index in [4.69, 9.17) is 9.68 Å². The van der Waals surface area contributed by atoms with Gasteiger partial charge in [0.05, 0.1) is 0 Å². The molecule has 0 atom stereocenters. The summed E-state index contributed by atoms with van der Waals surface area (Å²) in [4.78, 5) is 10.6. The van der Waals surface area contributed by atoms with E-state index < -0.39 is 0 Å². The predicted octanol–water partition coefficient (Wildman–Crippen LogP) is 2.74. The summed E-state index contributed by atoms with van der Waals surface area (Å²) in [7, 11) is 0. The summed E-state index contributed by atoms with van der Waals surface area (Å²) in [6.45, 7) is 8.11. The fraction of sp³-hybridized carbons (Fsp3) is 0.800. The highest BCUT2D eigenvalue weighted by Gasteiger charge is 2.34. The van der Waals surface area contributed by atoms with Gasteiger partial charge >= 0.3 is 0 Å². The van der Waals surface area contributed by atoms with E-state index in [0.29, 0.717) is 0 Å². The Hall–Kier alpha value is -0.710. The fourth-order valence-corrected chi connectivity index (χ4v) is 2.71. The molecule has 0 saturated carbocycles. The van der Waals surface area contributed by atoms with Crippen LogP contribution in [0.1, 0.15) is 40.5 Å². The lowest BCUT2D eigenvalue weighted by Gasteiger charge is -2.13. The van der Waals surface area contributed by atoms with Crippen molar-refractivity contribution >= 4 is 21.8 Å². The van der Waals surface area contributed by atoms with E-state index in [1.165, 1.54) is 0 Å². The van der Waals surface area contributed by atoms with Gasteiger partial charge in [0.1, 0.15) is 21.3 Å². The molecule has 0 aromatic heterocycles. The van der Waals surface area contributed by atoms with Crippen molar-refractivity contribution in [3.8, 4) is 0 Å². The van der Waals surface area contributed by atoms with Crippen LogP contribution in [0.2, 0.25) is 0 Å². The number of nitrogens with zero attached hydrogens (tertiary/aromatic N) is 2. The van der Waals surface area contributed by atoms with Gasteiger partial charge in [0.15, 0.2) is 0 Å². The molecule has 4 nitrogen and oxygen atoms in total. The zero-order chi connectivity index (χ0) is 11.1. The SMILES string of the molecule is CC1(C)CC(SC2=NOC(C)(C)C2)=NO1. The first-order valence-electron chi connectivity index (χ1n) is 5.04. The molecule has 0 radical (unpaired) electrons. The van der Waals surface area contributed by atoms with Gasteiger partial charge in [0.25, 0.3) is 0 Å². The largest absolute Gasteiger partial charge is 0.389 e. The van der Waals surface area contributed by atoms with Crippen LogP contribution in [0.4, 0.5) is 0 Å². The smallest absolute Gasteiger partial charge is 0.138 e. The maximum absolute atomic E-state index is 5.29. The first kappa shape index (κ1) is 10.8. The van der Waals surface area contributed by atoms with Gasteiger partial charge in [0.2, 0.25) is 0 Å². The van der Waals surface area contributed by atoms with E-state index in [1.807, 2.05) is 27.7 Å². The number of rotatable bonds is 0. The van der Waals surface area contributed by atoms with Crippen LogP contribution in [0, 0.1) is 0 Å². The monoisotopic (exact) mass is 228 g/mol. The first-order chi connectivity index (χ1) is 6.86. The second-order valence-electron chi connectivity index (χ2n) is 5.13. The van der Waals surface area contributed by atoms with Crippen LogP contribution >= 0.6 is 11.8 Å². The second kappa shape index (κ2) is 3.40. The molecule has 15 heavy (non-hydrogen) atoms. The van der Waals surface area contributed by atoms with E-state index in [9.17, 15) is 0 Å². The van der Waals surface area contributed by atoms with Crippen LogP contribution in [0.15, 0.2) is 10.3 Å². The zero-order valence-corrected chi connectivity index (χ0v) is 10.3. The molecule has 0 fully saturated rings. The Morgan fingerprint density at radius 2 is 1.33 bits per heavy atom. The molecule has 0 aromatic rings. The summed E-state index contributed by atoms with van der Waals surface area (Å²) in [5, 5.41) is 10.1. The summed E-state index contributed by atoms with van der Waals surface area (Å²) >= 11 is 1.57. The van der Waals surface area contributed by atoms with E-state index in [-0.39, 0.29) is 11.2 Å². The minimum Gasteiger partial charge on any atom is -0.389 e. The van der Waals surface area contributed by atoms with Crippen molar-refractivity contribution in [1.29, 1.82) is 0 Å². The van der Waals surface area contributed by atoms with Gasteiger partial charge in [-0.15, -0.1) is 0 Å². The Balaban J connectivity index is 1.90. The van der Waals surface area contributed by atoms with Crippen molar-refractivity contribution in [2.75, 3.05) is 0 Å². The Bertz CT molecular complexity index is 302. The fourth-order valence-electron chi connectivity index (χ4n) is 1.45. The molecule has 2 aliphatic heterocycles. The summed E-state index contributed by atoms with van der Waals surface area (Å²) in [5.41, 5.74) is -0.338. The maximum atomic E-state index is 5.29. The highest BCUT2D eigenvalue weighted by atomic mass is 32.2. The van der Waals surface area contributed by atoms with E-state index >= 15 is 0 Å². The second-order valence-corrected chi connectivity index (χ2v) is 6.27. The van der Waals surface area contributed by atoms with Crippen LogP contribution < -0.4 is 0 Å². The Morgan fingerprint density at radius 1 is 0.933 bits per heavy atom. The van der Waals surface area contributed by atoms with Crippen LogP contribution in [0.3, 0.4) is 0 Å². The molecule has 0 spiro atoms. The first-order valence-corrected chi connectivity index (χ1v) is 5.86. The molecule has 0 aromatic carbocycles. The molecule has 0 N–H and O–H groups in total. The molecule has 0 aliphatic carbocycles. The lowest BCUT2D eigenvalue weighted by atomic mass is 10.1. The normalized spacial score (nSPS) is 26.7. The molecule has 5 heteroatoms. The summed E-state index contributed by atoms with van der Waals surface area (Å²) in [6, 6.07) is 0. The van der Waals surface area contributed by atoms with Gasteiger partial charge < -0.3 is 9.68 Å². The van der Waals surface area contributed by atoms with Crippen molar-refractivity contribution in [3.63, 3.8) is 0 Å². The zero-order valence-electron chi connectivity index (χ0n) is 9.53. The number of hydrogen-bond acceptors (Lipinski definition) is 5. The van der Waals surface area contributed by atoms with Crippen molar-refractivity contribution in [2.24, 2.45) is 10.3 Å². The lowest BCUT2D eigenvalue weighted by molar-refractivity contribution is 0.0120. The summed E-state index contributed by atoms with van der Waals surface area (Å²) < 4.78 is 0. The highest BCUT2D eigenvalue weighted by Crippen LogP contribution is 2.33. The van der Waals surface area contributed by atoms with Crippen molar-refractivity contribution in [2.45, 2.75) is 51.7 Å². The van der Waals surface area contributed by atoms with Gasteiger partial charge in [-0.1, -0.05) is 22.1 Å². The quantitative estimate of drug-likeness (QED) is 0.640. The third kappa shape index (κ3) is 2.65. The number of thioether (sulfide) groups is 1. The molecule has 2 aliphatic rings. The third-order valence-corrected chi connectivity index (χ3v) is 3.09. The predicted molar refractivity (Wildman–Crippen MR) is 62.0 cm³/mol. The molecule has 0 unspecified atom stereocenters. The average Bonchev–Trinajstić information content (AvgIpc) is 2.56. The highest BCUT2D eigenvalue weighted by molar-refractivity contribution is 8.26. The molecule has 0 saturated heterocycles. The van der Waals surface area contributed by atoms with Gasteiger partial charge in [-0.25, -0.2) is 0 Å².